The highest BCUT2D eigenvalue weighted by atomic mass is 32.1. The van der Waals surface area contributed by atoms with Crippen LogP contribution in [0.3, 0.4) is 0 Å². The molecule has 0 radical (unpaired) electrons. The molecular formula is C18H11FN2OS. The lowest BCUT2D eigenvalue weighted by Gasteiger charge is -2.12. The average Bonchev–Trinajstić information content (AvgIpc) is 3.10. The number of pyridine rings is 1. The number of aromatic nitrogens is 2. The van der Waals surface area contributed by atoms with Gasteiger partial charge in [0.1, 0.15) is 10.8 Å². The molecule has 0 aliphatic heterocycles. The summed E-state index contributed by atoms with van der Waals surface area (Å²) in [5.41, 5.74) is 2.12. The van der Waals surface area contributed by atoms with E-state index in [9.17, 15) is 9.18 Å². The van der Waals surface area contributed by atoms with E-state index in [4.69, 9.17) is 0 Å². The second-order valence-corrected chi connectivity index (χ2v) is 6.01. The van der Waals surface area contributed by atoms with Gasteiger partial charge in [0.15, 0.2) is 5.43 Å². The van der Waals surface area contributed by atoms with Crippen LogP contribution in [0.5, 0.6) is 0 Å². The van der Waals surface area contributed by atoms with Gasteiger partial charge in [-0.15, -0.1) is 11.3 Å². The first-order valence-electron chi connectivity index (χ1n) is 6.99. The molecule has 0 spiro atoms. The molecule has 0 fully saturated rings. The lowest BCUT2D eigenvalue weighted by atomic mass is 10.1. The number of nitrogens with zero attached hydrogens (tertiary/aromatic N) is 2. The lowest BCUT2D eigenvalue weighted by Crippen LogP contribution is -2.08. The van der Waals surface area contributed by atoms with Gasteiger partial charge < -0.3 is 4.57 Å². The van der Waals surface area contributed by atoms with Crippen molar-refractivity contribution < 1.29 is 4.39 Å². The molecule has 0 saturated carbocycles. The summed E-state index contributed by atoms with van der Waals surface area (Å²) in [6.45, 7) is 3.83. The summed E-state index contributed by atoms with van der Waals surface area (Å²) in [6.07, 6.45) is 3.38. The molecule has 4 rings (SSSR count). The highest BCUT2D eigenvalue weighted by Gasteiger charge is 2.12. The molecule has 0 N–H and O–H groups in total. The fraction of sp³-hybridized carbons (Fsp3) is 0. The van der Waals surface area contributed by atoms with Crippen LogP contribution < -0.4 is 5.43 Å². The zero-order valence-corrected chi connectivity index (χ0v) is 12.8. The first-order chi connectivity index (χ1) is 11.2. The summed E-state index contributed by atoms with van der Waals surface area (Å²) in [5, 5.41) is 3.67. The second kappa shape index (κ2) is 5.14. The molecule has 0 bridgehead atoms. The molecule has 0 aliphatic carbocycles. The van der Waals surface area contributed by atoms with Gasteiger partial charge >= 0.3 is 0 Å². The topological polar surface area (TPSA) is 34.9 Å². The predicted molar refractivity (Wildman–Crippen MR) is 93.2 cm³/mol. The molecule has 112 valence electrons. The lowest BCUT2D eigenvalue weighted by molar-refractivity contribution is 0.629. The van der Waals surface area contributed by atoms with Gasteiger partial charge in [0.2, 0.25) is 0 Å². The number of thiazole rings is 1. The molecule has 2 aromatic carbocycles. The van der Waals surface area contributed by atoms with E-state index in [0.717, 1.165) is 16.1 Å². The van der Waals surface area contributed by atoms with Crippen LogP contribution in [-0.4, -0.2) is 9.55 Å². The third-order valence-corrected chi connectivity index (χ3v) is 4.65. The van der Waals surface area contributed by atoms with Crippen LogP contribution in [0.4, 0.5) is 4.39 Å². The van der Waals surface area contributed by atoms with Crippen molar-refractivity contribution in [3.63, 3.8) is 0 Å². The Bertz CT molecular complexity index is 1110. The molecule has 23 heavy (non-hydrogen) atoms. The van der Waals surface area contributed by atoms with Gasteiger partial charge in [-0.2, -0.15) is 0 Å². The summed E-state index contributed by atoms with van der Waals surface area (Å²) >= 11 is 1.53. The monoisotopic (exact) mass is 322 g/mol. The molecule has 0 amide bonds. The maximum Gasteiger partial charge on any atom is 0.197 e. The van der Waals surface area contributed by atoms with Crippen molar-refractivity contribution in [3.8, 4) is 10.6 Å². The molecular weight excluding hydrogens is 311 g/mol. The fourth-order valence-electron chi connectivity index (χ4n) is 2.79. The van der Waals surface area contributed by atoms with Crippen molar-refractivity contribution >= 4 is 39.3 Å². The third kappa shape index (κ3) is 2.09. The van der Waals surface area contributed by atoms with Crippen LogP contribution in [0, 0.1) is 5.82 Å². The first kappa shape index (κ1) is 13.8. The maximum absolute atomic E-state index is 13.5. The van der Waals surface area contributed by atoms with Crippen molar-refractivity contribution in [1.29, 1.82) is 0 Å². The standard InChI is InChI=1S/C18H11FN2OS/c1-2-21-15-6-4-12(19)10-14(15)17(22)13-5-3-11(9-16(13)21)18-20-7-8-23-18/h2-10H,1H2. The third-order valence-electron chi connectivity index (χ3n) is 3.83. The molecule has 3 nitrogen and oxygen atoms in total. The van der Waals surface area contributed by atoms with Crippen LogP contribution in [0.2, 0.25) is 0 Å². The maximum atomic E-state index is 13.5. The van der Waals surface area contributed by atoms with E-state index in [1.54, 1.807) is 24.5 Å². The Balaban J connectivity index is 2.17. The van der Waals surface area contributed by atoms with Crippen LogP contribution in [0.25, 0.3) is 38.6 Å². The summed E-state index contributed by atoms with van der Waals surface area (Å²) in [4.78, 5) is 17.0. The highest BCUT2D eigenvalue weighted by Crippen LogP contribution is 2.27. The Morgan fingerprint density at radius 1 is 1.13 bits per heavy atom. The Labute approximate surface area is 135 Å². The molecule has 4 aromatic rings. The quantitative estimate of drug-likeness (QED) is 0.509. The first-order valence-corrected chi connectivity index (χ1v) is 7.87. The number of hydrogen-bond acceptors (Lipinski definition) is 3. The predicted octanol–water partition coefficient (Wildman–Crippen LogP) is 4.52. The number of rotatable bonds is 2. The fourth-order valence-corrected chi connectivity index (χ4v) is 3.43. The average molecular weight is 322 g/mol. The van der Waals surface area contributed by atoms with Gasteiger partial charge in [-0.1, -0.05) is 12.6 Å². The number of hydrogen-bond donors (Lipinski definition) is 0. The summed E-state index contributed by atoms with van der Waals surface area (Å²) in [5.74, 6) is -0.427. The van der Waals surface area contributed by atoms with Crippen LogP contribution in [-0.2, 0) is 0 Å². The van der Waals surface area contributed by atoms with Gasteiger partial charge in [0, 0.05) is 34.1 Å². The summed E-state index contributed by atoms with van der Waals surface area (Å²) in [7, 11) is 0. The van der Waals surface area contributed by atoms with Gasteiger partial charge in [-0.25, -0.2) is 9.37 Å². The molecule has 5 heteroatoms. The summed E-state index contributed by atoms with van der Waals surface area (Å²) in [6, 6.07) is 9.76. The van der Waals surface area contributed by atoms with E-state index >= 15 is 0 Å². The van der Waals surface area contributed by atoms with Gasteiger partial charge in [-0.3, -0.25) is 4.79 Å². The largest absolute Gasteiger partial charge is 0.316 e. The van der Waals surface area contributed by atoms with Crippen LogP contribution in [0.15, 0.2) is 59.3 Å². The molecule has 0 unspecified atom stereocenters. The second-order valence-electron chi connectivity index (χ2n) is 5.11. The summed E-state index contributed by atoms with van der Waals surface area (Å²) < 4.78 is 15.3. The SMILES string of the molecule is C=Cn1c2ccc(F)cc2c(=O)c2ccc(-c3nccs3)cc21. The van der Waals surface area contributed by atoms with E-state index in [1.165, 1.54) is 23.5 Å². The Morgan fingerprint density at radius 3 is 2.74 bits per heavy atom. The van der Waals surface area contributed by atoms with Crippen molar-refractivity contribution in [2.75, 3.05) is 0 Å². The van der Waals surface area contributed by atoms with E-state index in [-0.39, 0.29) is 5.43 Å². The van der Waals surface area contributed by atoms with E-state index in [1.807, 2.05) is 22.1 Å². The molecule has 0 aliphatic rings. The van der Waals surface area contributed by atoms with Crippen molar-refractivity contribution in [3.05, 3.63) is 70.6 Å². The van der Waals surface area contributed by atoms with Crippen LogP contribution in [0.1, 0.15) is 0 Å². The van der Waals surface area contributed by atoms with E-state index in [2.05, 4.69) is 11.6 Å². The van der Waals surface area contributed by atoms with E-state index < -0.39 is 5.82 Å². The van der Waals surface area contributed by atoms with Gasteiger partial charge in [0.25, 0.3) is 0 Å². The Kier molecular flexibility index (Phi) is 3.09. The normalized spacial score (nSPS) is 11.2. The number of halogens is 1. The Hall–Kier alpha value is -2.79. The van der Waals surface area contributed by atoms with Crippen molar-refractivity contribution in [2.24, 2.45) is 0 Å². The van der Waals surface area contributed by atoms with Crippen LogP contribution >= 0.6 is 11.3 Å². The zero-order valence-electron chi connectivity index (χ0n) is 12.0. The molecule has 0 atom stereocenters. The minimum Gasteiger partial charge on any atom is -0.316 e. The van der Waals surface area contributed by atoms with E-state index in [0.29, 0.717) is 16.3 Å². The smallest absolute Gasteiger partial charge is 0.197 e. The number of fused-ring (bicyclic) bond motifs is 2. The van der Waals surface area contributed by atoms with Crippen molar-refractivity contribution in [1.82, 2.24) is 9.55 Å². The zero-order chi connectivity index (χ0) is 16.0. The van der Waals surface area contributed by atoms with Gasteiger partial charge in [0.05, 0.1) is 11.0 Å². The highest BCUT2D eigenvalue weighted by molar-refractivity contribution is 7.13. The minimum atomic E-state index is -0.427. The minimum absolute atomic E-state index is 0.182. The van der Waals surface area contributed by atoms with Gasteiger partial charge in [-0.05, 0) is 30.3 Å². The van der Waals surface area contributed by atoms with Crippen molar-refractivity contribution in [2.45, 2.75) is 0 Å². The Morgan fingerprint density at radius 2 is 2.00 bits per heavy atom. The molecule has 2 heterocycles. The molecule has 0 saturated heterocycles. The molecule has 2 aromatic heterocycles. The number of benzene rings is 2.